The Balaban J connectivity index is 1.91. The Hall–Kier alpha value is -3.02. The van der Waals surface area contributed by atoms with E-state index >= 15 is 0 Å². The molecule has 1 fully saturated rings. The Morgan fingerprint density at radius 1 is 1.12 bits per heavy atom. The fourth-order valence-corrected chi connectivity index (χ4v) is 4.76. The van der Waals surface area contributed by atoms with Crippen LogP contribution in [0.15, 0.2) is 47.4 Å². The number of nitrogens with zero attached hydrogens (tertiary/aromatic N) is 2. The predicted molar refractivity (Wildman–Crippen MR) is 121 cm³/mol. The molecule has 0 unspecified atom stereocenters. The maximum Gasteiger partial charge on any atom is 0.270 e. The van der Waals surface area contributed by atoms with Gasteiger partial charge in [0.25, 0.3) is 11.6 Å². The number of nitro benzene ring substituents is 1. The third-order valence-corrected chi connectivity index (χ3v) is 6.39. The van der Waals surface area contributed by atoms with E-state index in [9.17, 15) is 23.3 Å². The molecule has 2 N–H and O–H groups in total. The average Bonchev–Trinajstić information content (AvgIpc) is 2.72. The van der Waals surface area contributed by atoms with Crippen molar-refractivity contribution in [1.29, 1.82) is 0 Å². The van der Waals surface area contributed by atoms with Crippen LogP contribution in [0.3, 0.4) is 0 Å². The zero-order chi connectivity index (χ0) is 23.5. The largest absolute Gasteiger partial charge is 0.378 e. The third-order valence-electron chi connectivity index (χ3n) is 4.63. The highest BCUT2D eigenvalue weighted by Gasteiger charge is 2.24. The predicted octanol–water partition coefficient (Wildman–Crippen LogP) is 2.76. The molecular formula is C21H26N4O6S. The normalized spacial score (nSPS) is 14.8. The number of carbonyl (C=O) groups excluding carboxylic acids is 1. The Kier molecular flexibility index (Phi) is 6.82. The highest BCUT2D eigenvalue weighted by atomic mass is 32.2. The molecule has 1 amide bonds. The summed E-state index contributed by atoms with van der Waals surface area (Å²) in [7, 11) is -3.80. The second kappa shape index (κ2) is 9.23. The molecule has 172 valence electrons. The molecule has 0 saturated carbocycles. The van der Waals surface area contributed by atoms with Crippen molar-refractivity contribution in [2.24, 2.45) is 0 Å². The molecule has 2 aromatic carbocycles. The lowest BCUT2D eigenvalue weighted by molar-refractivity contribution is -0.384. The molecule has 32 heavy (non-hydrogen) atoms. The lowest BCUT2D eigenvalue weighted by atomic mass is 10.1. The van der Waals surface area contributed by atoms with E-state index in [-0.39, 0.29) is 21.8 Å². The van der Waals surface area contributed by atoms with Crippen LogP contribution >= 0.6 is 0 Å². The van der Waals surface area contributed by atoms with Gasteiger partial charge < -0.3 is 15.0 Å². The van der Waals surface area contributed by atoms with Crippen molar-refractivity contribution in [3.8, 4) is 0 Å². The summed E-state index contributed by atoms with van der Waals surface area (Å²) in [5.41, 5.74) is 0.0505. The summed E-state index contributed by atoms with van der Waals surface area (Å²) in [4.78, 5) is 25.7. The molecule has 10 nitrogen and oxygen atoms in total. The number of nitrogens with one attached hydrogen (secondary N) is 2. The smallest absolute Gasteiger partial charge is 0.270 e. The summed E-state index contributed by atoms with van der Waals surface area (Å²) in [5, 5.41) is 13.9. The van der Waals surface area contributed by atoms with E-state index in [1.807, 2.05) is 4.90 Å². The van der Waals surface area contributed by atoms with Crippen LogP contribution in [0.1, 0.15) is 31.1 Å². The number of hydrogen-bond acceptors (Lipinski definition) is 7. The van der Waals surface area contributed by atoms with E-state index in [0.29, 0.717) is 32.0 Å². The summed E-state index contributed by atoms with van der Waals surface area (Å²) in [6.07, 6.45) is 0. The maximum atomic E-state index is 13.1. The van der Waals surface area contributed by atoms with Gasteiger partial charge in [0.1, 0.15) is 0 Å². The van der Waals surface area contributed by atoms with Crippen LogP contribution in [-0.4, -0.2) is 51.1 Å². The molecule has 0 aromatic heterocycles. The molecule has 2 aromatic rings. The first-order valence-corrected chi connectivity index (χ1v) is 11.5. The molecule has 0 atom stereocenters. The van der Waals surface area contributed by atoms with Gasteiger partial charge in [-0.15, -0.1) is 0 Å². The molecule has 0 radical (unpaired) electrons. The van der Waals surface area contributed by atoms with Crippen molar-refractivity contribution in [2.45, 2.75) is 31.2 Å². The fraction of sp³-hybridized carbons (Fsp3) is 0.381. The van der Waals surface area contributed by atoms with Gasteiger partial charge in [-0.25, -0.2) is 13.1 Å². The third kappa shape index (κ3) is 5.81. The summed E-state index contributed by atoms with van der Waals surface area (Å²) < 4.78 is 33.1. The number of non-ortho nitro benzene ring substituents is 1. The summed E-state index contributed by atoms with van der Waals surface area (Å²) in [5.74, 6) is -0.575. The van der Waals surface area contributed by atoms with E-state index in [4.69, 9.17) is 4.74 Å². The summed E-state index contributed by atoms with van der Waals surface area (Å²) >= 11 is 0. The number of carbonyl (C=O) groups is 1. The molecule has 0 aliphatic carbocycles. The van der Waals surface area contributed by atoms with E-state index in [1.165, 1.54) is 30.3 Å². The molecule has 1 aliphatic heterocycles. The van der Waals surface area contributed by atoms with Gasteiger partial charge in [0.15, 0.2) is 0 Å². The Morgan fingerprint density at radius 3 is 2.44 bits per heavy atom. The molecule has 3 rings (SSSR count). The number of sulfonamides is 1. The second-order valence-corrected chi connectivity index (χ2v) is 10.1. The number of anilines is 2. The summed E-state index contributed by atoms with van der Waals surface area (Å²) in [6.45, 7) is 7.25. The zero-order valence-corrected chi connectivity index (χ0v) is 18.9. The van der Waals surface area contributed by atoms with Crippen molar-refractivity contribution < 1.29 is 22.9 Å². The molecular weight excluding hydrogens is 436 g/mol. The highest BCUT2D eigenvalue weighted by Crippen LogP contribution is 2.28. The molecule has 1 heterocycles. The number of rotatable bonds is 6. The van der Waals surface area contributed by atoms with Gasteiger partial charge in [0.2, 0.25) is 10.0 Å². The van der Waals surface area contributed by atoms with Crippen molar-refractivity contribution in [1.82, 2.24) is 4.72 Å². The Bertz CT molecular complexity index is 1120. The van der Waals surface area contributed by atoms with Crippen LogP contribution in [0.2, 0.25) is 0 Å². The Labute approximate surface area is 186 Å². The fourth-order valence-electron chi connectivity index (χ4n) is 3.30. The van der Waals surface area contributed by atoms with Crippen LogP contribution in [0.4, 0.5) is 17.1 Å². The SMILES string of the molecule is CC(C)(C)NS(=O)(=O)c1cccc(NC(=O)c2cc([N+](=O)[O-])ccc2N2CCOCC2)c1. The monoisotopic (exact) mass is 462 g/mol. The highest BCUT2D eigenvalue weighted by molar-refractivity contribution is 7.89. The average molecular weight is 463 g/mol. The first-order valence-electron chi connectivity index (χ1n) is 10.0. The summed E-state index contributed by atoms with van der Waals surface area (Å²) in [6, 6.07) is 9.97. The second-order valence-electron chi connectivity index (χ2n) is 8.40. The molecule has 1 aliphatic rings. The van der Waals surface area contributed by atoms with Crippen LogP contribution in [0.25, 0.3) is 0 Å². The van der Waals surface area contributed by atoms with E-state index in [0.717, 1.165) is 0 Å². The zero-order valence-electron chi connectivity index (χ0n) is 18.1. The first-order chi connectivity index (χ1) is 15.0. The molecule has 0 bridgehead atoms. The van der Waals surface area contributed by atoms with Gasteiger partial charge in [-0.3, -0.25) is 14.9 Å². The van der Waals surface area contributed by atoms with Crippen molar-refractivity contribution in [3.63, 3.8) is 0 Å². The number of ether oxygens (including phenoxy) is 1. The maximum absolute atomic E-state index is 13.1. The minimum Gasteiger partial charge on any atom is -0.378 e. The van der Waals surface area contributed by atoms with Crippen molar-refractivity contribution in [3.05, 3.63) is 58.1 Å². The minimum absolute atomic E-state index is 0.00216. The van der Waals surface area contributed by atoms with Gasteiger partial charge in [-0.2, -0.15) is 0 Å². The van der Waals surface area contributed by atoms with Crippen LogP contribution in [0, 0.1) is 10.1 Å². The van der Waals surface area contributed by atoms with Gasteiger partial charge in [0.05, 0.1) is 34.3 Å². The van der Waals surface area contributed by atoms with Crippen LogP contribution in [-0.2, 0) is 14.8 Å². The standard InChI is InChI=1S/C21H26N4O6S/c1-21(2,3)23-32(29,30)17-6-4-5-15(13-17)22-20(26)18-14-16(25(27)28)7-8-19(18)24-9-11-31-12-10-24/h4-8,13-14,23H,9-12H2,1-3H3,(H,22,26). The number of hydrogen-bond donors (Lipinski definition) is 2. The quantitative estimate of drug-likeness (QED) is 0.498. The molecule has 1 saturated heterocycles. The van der Waals surface area contributed by atoms with Crippen LogP contribution < -0.4 is 14.9 Å². The molecule has 0 spiro atoms. The van der Waals surface area contributed by atoms with Crippen molar-refractivity contribution in [2.75, 3.05) is 36.5 Å². The minimum atomic E-state index is -3.80. The number of amides is 1. The van der Waals surface area contributed by atoms with E-state index in [1.54, 1.807) is 32.9 Å². The molecule has 11 heteroatoms. The van der Waals surface area contributed by atoms with Gasteiger partial charge in [0, 0.05) is 36.4 Å². The number of benzene rings is 2. The van der Waals surface area contributed by atoms with Gasteiger partial charge in [-0.05, 0) is 45.0 Å². The van der Waals surface area contributed by atoms with Gasteiger partial charge >= 0.3 is 0 Å². The van der Waals surface area contributed by atoms with E-state index < -0.39 is 26.4 Å². The lowest BCUT2D eigenvalue weighted by Gasteiger charge is -2.30. The lowest BCUT2D eigenvalue weighted by Crippen LogP contribution is -2.40. The van der Waals surface area contributed by atoms with Gasteiger partial charge in [-0.1, -0.05) is 6.07 Å². The van der Waals surface area contributed by atoms with E-state index in [2.05, 4.69) is 10.0 Å². The first kappa shape index (κ1) is 23.6. The number of morpholine rings is 1. The van der Waals surface area contributed by atoms with Crippen molar-refractivity contribution >= 4 is 33.0 Å². The topological polar surface area (TPSA) is 131 Å². The Morgan fingerprint density at radius 2 is 1.81 bits per heavy atom. The van der Waals surface area contributed by atoms with Crippen LogP contribution in [0.5, 0.6) is 0 Å². The number of nitro groups is 1.